The molecule has 0 aliphatic carbocycles. The summed E-state index contributed by atoms with van der Waals surface area (Å²) in [6, 6.07) is 3.79. The highest BCUT2D eigenvalue weighted by Gasteiger charge is 2.00. The van der Waals surface area contributed by atoms with Crippen molar-refractivity contribution in [3.8, 4) is 0 Å². The van der Waals surface area contributed by atoms with Crippen LogP contribution in [0, 0.1) is 0 Å². The lowest BCUT2D eigenvalue weighted by Crippen LogP contribution is -2.09. The Labute approximate surface area is 92.0 Å². The predicted octanol–water partition coefficient (Wildman–Crippen LogP) is 0.0431. The highest BCUT2D eigenvalue weighted by molar-refractivity contribution is 5.37. The van der Waals surface area contributed by atoms with Gasteiger partial charge in [-0.3, -0.25) is 4.98 Å². The zero-order valence-corrected chi connectivity index (χ0v) is 8.46. The summed E-state index contributed by atoms with van der Waals surface area (Å²) in [6.07, 6.45) is 3.46. The second-order valence-corrected chi connectivity index (χ2v) is 3.09. The van der Waals surface area contributed by atoms with Crippen LogP contribution in [0.1, 0.15) is 5.56 Å². The summed E-state index contributed by atoms with van der Waals surface area (Å²) in [5.74, 6) is 0.552. The zero-order chi connectivity index (χ0) is 11.4. The van der Waals surface area contributed by atoms with Gasteiger partial charge in [-0.05, 0) is 11.6 Å². The largest absolute Gasteiger partial charge is 0.368 e. The van der Waals surface area contributed by atoms with Crippen LogP contribution in [0.2, 0.25) is 0 Å². The predicted molar refractivity (Wildman–Crippen MR) is 60.2 cm³/mol. The molecule has 2 rings (SSSR count). The first-order chi connectivity index (χ1) is 7.74. The molecule has 0 fully saturated rings. The lowest BCUT2D eigenvalue weighted by atomic mass is 10.3. The molecule has 82 valence electrons. The molecule has 0 radical (unpaired) electrons. The van der Waals surface area contributed by atoms with Crippen molar-refractivity contribution in [2.45, 2.75) is 6.54 Å². The average molecular weight is 217 g/mol. The summed E-state index contributed by atoms with van der Waals surface area (Å²) in [5.41, 5.74) is 11.9. The Balaban J connectivity index is 2.05. The van der Waals surface area contributed by atoms with Gasteiger partial charge in [0.15, 0.2) is 0 Å². The van der Waals surface area contributed by atoms with Crippen LogP contribution in [0.4, 0.5) is 17.8 Å². The van der Waals surface area contributed by atoms with E-state index in [9.17, 15) is 0 Å². The molecule has 5 N–H and O–H groups in total. The fraction of sp³-hybridized carbons (Fsp3) is 0.111. The first-order valence-electron chi connectivity index (χ1n) is 4.64. The molecule has 0 unspecified atom stereocenters. The van der Waals surface area contributed by atoms with Crippen molar-refractivity contribution in [3.63, 3.8) is 0 Å². The van der Waals surface area contributed by atoms with E-state index in [0.717, 1.165) is 5.56 Å². The Morgan fingerprint density at radius 2 is 1.88 bits per heavy atom. The Kier molecular flexibility index (Phi) is 2.77. The third kappa shape index (κ3) is 2.53. The first kappa shape index (κ1) is 10.1. The van der Waals surface area contributed by atoms with Gasteiger partial charge in [-0.15, -0.1) is 0 Å². The molecule has 0 aliphatic rings. The molecule has 0 aromatic carbocycles. The van der Waals surface area contributed by atoms with Crippen LogP contribution < -0.4 is 16.8 Å². The minimum atomic E-state index is 0.0983. The van der Waals surface area contributed by atoms with Gasteiger partial charge in [-0.25, -0.2) is 0 Å². The number of nitrogens with one attached hydrogen (secondary N) is 1. The van der Waals surface area contributed by atoms with Crippen LogP contribution in [-0.4, -0.2) is 19.9 Å². The number of hydrogen-bond donors (Lipinski definition) is 3. The van der Waals surface area contributed by atoms with Crippen LogP contribution in [0.3, 0.4) is 0 Å². The summed E-state index contributed by atoms with van der Waals surface area (Å²) in [7, 11) is 0. The molecular weight excluding hydrogens is 206 g/mol. The van der Waals surface area contributed by atoms with Gasteiger partial charge in [0.2, 0.25) is 17.8 Å². The smallest absolute Gasteiger partial charge is 0.229 e. The van der Waals surface area contributed by atoms with Crippen molar-refractivity contribution in [2.75, 3.05) is 16.8 Å². The first-order valence-corrected chi connectivity index (χ1v) is 4.64. The molecule has 7 heteroatoms. The quantitative estimate of drug-likeness (QED) is 0.664. The van der Waals surface area contributed by atoms with Crippen LogP contribution in [0.5, 0.6) is 0 Å². The van der Waals surface area contributed by atoms with Crippen molar-refractivity contribution in [2.24, 2.45) is 0 Å². The molecule has 16 heavy (non-hydrogen) atoms. The fourth-order valence-electron chi connectivity index (χ4n) is 1.17. The minimum absolute atomic E-state index is 0.0983. The van der Waals surface area contributed by atoms with Crippen LogP contribution in [-0.2, 0) is 6.54 Å². The van der Waals surface area contributed by atoms with E-state index < -0.39 is 0 Å². The maximum atomic E-state index is 5.43. The summed E-state index contributed by atoms with van der Waals surface area (Å²) >= 11 is 0. The van der Waals surface area contributed by atoms with Gasteiger partial charge in [0, 0.05) is 18.9 Å². The van der Waals surface area contributed by atoms with Crippen LogP contribution >= 0.6 is 0 Å². The monoisotopic (exact) mass is 217 g/mol. The lowest BCUT2D eigenvalue weighted by Gasteiger charge is -2.04. The normalized spacial score (nSPS) is 10.0. The van der Waals surface area contributed by atoms with E-state index in [1.165, 1.54) is 0 Å². The van der Waals surface area contributed by atoms with Crippen molar-refractivity contribution in [1.82, 2.24) is 19.9 Å². The summed E-state index contributed by atoms with van der Waals surface area (Å²) in [4.78, 5) is 15.4. The number of anilines is 3. The van der Waals surface area contributed by atoms with E-state index in [-0.39, 0.29) is 11.9 Å². The average Bonchev–Trinajstić information content (AvgIpc) is 2.27. The third-order valence-electron chi connectivity index (χ3n) is 1.84. The number of nitrogen functional groups attached to an aromatic ring is 2. The van der Waals surface area contributed by atoms with Crippen molar-refractivity contribution >= 4 is 17.8 Å². The number of aromatic nitrogens is 4. The van der Waals surface area contributed by atoms with E-state index in [4.69, 9.17) is 11.5 Å². The van der Waals surface area contributed by atoms with Crippen LogP contribution in [0.25, 0.3) is 0 Å². The highest BCUT2D eigenvalue weighted by atomic mass is 15.2. The van der Waals surface area contributed by atoms with E-state index in [1.54, 1.807) is 12.4 Å². The topological polar surface area (TPSA) is 116 Å². The van der Waals surface area contributed by atoms with Crippen LogP contribution in [0.15, 0.2) is 24.5 Å². The molecule has 0 atom stereocenters. The molecular formula is C9H11N7. The summed E-state index contributed by atoms with van der Waals surface area (Å²) in [5, 5.41) is 2.98. The molecule has 0 amide bonds. The third-order valence-corrected chi connectivity index (χ3v) is 1.84. The molecule has 7 nitrogen and oxygen atoms in total. The van der Waals surface area contributed by atoms with Crippen molar-refractivity contribution in [1.29, 1.82) is 0 Å². The molecule has 2 aromatic heterocycles. The molecule has 0 saturated heterocycles. The Morgan fingerprint density at radius 1 is 1.12 bits per heavy atom. The van der Waals surface area contributed by atoms with Gasteiger partial charge in [-0.2, -0.15) is 15.0 Å². The standard InChI is InChI=1S/C9H11N7/c10-7-14-8(11)16-9(15-7)13-5-6-2-1-3-12-4-6/h1-4H,5H2,(H5,10,11,13,14,15,16). The Bertz CT molecular complexity index is 450. The molecule has 0 saturated carbocycles. The van der Waals surface area contributed by atoms with E-state index in [0.29, 0.717) is 12.5 Å². The molecule has 0 spiro atoms. The number of hydrogen-bond acceptors (Lipinski definition) is 7. The Morgan fingerprint density at radius 3 is 2.50 bits per heavy atom. The molecule has 0 bridgehead atoms. The summed E-state index contributed by atoms with van der Waals surface area (Å²) < 4.78 is 0. The van der Waals surface area contributed by atoms with Crippen molar-refractivity contribution < 1.29 is 0 Å². The fourth-order valence-corrected chi connectivity index (χ4v) is 1.17. The number of rotatable bonds is 3. The van der Waals surface area contributed by atoms with E-state index in [1.807, 2.05) is 12.1 Å². The number of nitrogens with zero attached hydrogens (tertiary/aromatic N) is 4. The van der Waals surface area contributed by atoms with Gasteiger partial charge in [0.05, 0.1) is 0 Å². The van der Waals surface area contributed by atoms with Gasteiger partial charge in [0.25, 0.3) is 0 Å². The molecule has 2 heterocycles. The number of nitrogens with two attached hydrogens (primary N) is 2. The SMILES string of the molecule is Nc1nc(N)nc(NCc2cccnc2)n1. The summed E-state index contributed by atoms with van der Waals surface area (Å²) in [6.45, 7) is 0.552. The minimum Gasteiger partial charge on any atom is -0.368 e. The highest BCUT2D eigenvalue weighted by Crippen LogP contribution is 2.05. The van der Waals surface area contributed by atoms with E-state index >= 15 is 0 Å². The van der Waals surface area contributed by atoms with Gasteiger partial charge in [0.1, 0.15) is 0 Å². The molecule has 0 aliphatic heterocycles. The lowest BCUT2D eigenvalue weighted by molar-refractivity contribution is 1.01. The Hall–Kier alpha value is -2.44. The number of pyridine rings is 1. The second-order valence-electron chi connectivity index (χ2n) is 3.09. The second kappa shape index (κ2) is 4.39. The zero-order valence-electron chi connectivity index (χ0n) is 8.46. The van der Waals surface area contributed by atoms with E-state index in [2.05, 4.69) is 25.3 Å². The van der Waals surface area contributed by atoms with Gasteiger partial charge < -0.3 is 16.8 Å². The maximum absolute atomic E-state index is 5.43. The van der Waals surface area contributed by atoms with Gasteiger partial charge in [-0.1, -0.05) is 6.07 Å². The molecule has 2 aromatic rings. The maximum Gasteiger partial charge on any atom is 0.229 e. The van der Waals surface area contributed by atoms with Crippen molar-refractivity contribution in [3.05, 3.63) is 30.1 Å². The van der Waals surface area contributed by atoms with Gasteiger partial charge >= 0.3 is 0 Å².